The summed E-state index contributed by atoms with van der Waals surface area (Å²) >= 11 is 0. The standard InChI is InChI=1S/C13H11F2NO3/c14-8-3-4-10(11(15)6-8)12(13(17)18)16-7-9-2-1-5-19-9/h1-6,12,16H,7H2,(H,17,18). The molecule has 19 heavy (non-hydrogen) atoms. The molecule has 1 unspecified atom stereocenters. The van der Waals surface area contributed by atoms with Crippen molar-refractivity contribution in [1.82, 2.24) is 5.32 Å². The maximum atomic E-state index is 13.6. The molecule has 1 aromatic carbocycles. The molecule has 0 spiro atoms. The second-order valence-corrected chi connectivity index (χ2v) is 3.90. The van der Waals surface area contributed by atoms with Crippen LogP contribution in [0.2, 0.25) is 0 Å². The van der Waals surface area contributed by atoms with Crippen LogP contribution in [0.25, 0.3) is 0 Å². The predicted molar refractivity (Wildman–Crippen MR) is 62.3 cm³/mol. The lowest BCUT2D eigenvalue weighted by molar-refractivity contribution is -0.139. The summed E-state index contributed by atoms with van der Waals surface area (Å²) in [6.45, 7) is 0.126. The molecule has 0 aliphatic carbocycles. The molecule has 0 amide bonds. The molecule has 0 radical (unpaired) electrons. The van der Waals surface area contributed by atoms with Gasteiger partial charge in [-0.25, -0.2) is 8.78 Å². The summed E-state index contributed by atoms with van der Waals surface area (Å²) in [5, 5.41) is 11.7. The van der Waals surface area contributed by atoms with Crippen molar-refractivity contribution in [3.63, 3.8) is 0 Å². The van der Waals surface area contributed by atoms with E-state index in [4.69, 9.17) is 9.52 Å². The molecular weight excluding hydrogens is 256 g/mol. The van der Waals surface area contributed by atoms with Crippen molar-refractivity contribution in [2.75, 3.05) is 0 Å². The van der Waals surface area contributed by atoms with Crippen LogP contribution in [-0.4, -0.2) is 11.1 Å². The second-order valence-electron chi connectivity index (χ2n) is 3.90. The van der Waals surface area contributed by atoms with Crippen LogP contribution in [0.4, 0.5) is 8.78 Å². The molecule has 2 rings (SSSR count). The summed E-state index contributed by atoms with van der Waals surface area (Å²) in [6, 6.07) is 4.82. The lowest BCUT2D eigenvalue weighted by atomic mass is 10.1. The van der Waals surface area contributed by atoms with Gasteiger partial charge in [0.05, 0.1) is 12.8 Å². The second kappa shape index (κ2) is 5.62. The Morgan fingerprint density at radius 2 is 2.16 bits per heavy atom. The van der Waals surface area contributed by atoms with E-state index in [1.807, 2.05) is 0 Å². The first kappa shape index (κ1) is 13.2. The molecule has 4 nitrogen and oxygen atoms in total. The Kier molecular flexibility index (Phi) is 3.91. The fourth-order valence-corrected chi connectivity index (χ4v) is 1.68. The van der Waals surface area contributed by atoms with Crippen LogP contribution in [0.1, 0.15) is 17.4 Å². The van der Waals surface area contributed by atoms with E-state index in [1.165, 1.54) is 6.26 Å². The monoisotopic (exact) mass is 267 g/mol. The van der Waals surface area contributed by atoms with Gasteiger partial charge in [0.15, 0.2) is 0 Å². The summed E-state index contributed by atoms with van der Waals surface area (Å²) in [5.74, 6) is -2.39. The first-order valence-corrected chi connectivity index (χ1v) is 5.51. The van der Waals surface area contributed by atoms with Gasteiger partial charge >= 0.3 is 5.97 Å². The van der Waals surface area contributed by atoms with Gasteiger partial charge in [0.2, 0.25) is 0 Å². The minimum Gasteiger partial charge on any atom is -0.480 e. The molecule has 2 N–H and O–H groups in total. The van der Waals surface area contributed by atoms with E-state index in [2.05, 4.69) is 5.32 Å². The maximum absolute atomic E-state index is 13.6. The number of benzene rings is 1. The van der Waals surface area contributed by atoms with Gasteiger partial charge in [-0.05, 0) is 18.2 Å². The Morgan fingerprint density at radius 3 is 2.74 bits per heavy atom. The van der Waals surface area contributed by atoms with Crippen LogP contribution in [0.5, 0.6) is 0 Å². The third-order valence-electron chi connectivity index (χ3n) is 2.58. The van der Waals surface area contributed by atoms with Crippen molar-refractivity contribution in [2.24, 2.45) is 0 Å². The number of hydrogen-bond acceptors (Lipinski definition) is 3. The number of carboxylic acid groups (broad SMARTS) is 1. The van der Waals surface area contributed by atoms with E-state index in [1.54, 1.807) is 12.1 Å². The molecule has 0 saturated carbocycles. The van der Waals surface area contributed by atoms with E-state index >= 15 is 0 Å². The van der Waals surface area contributed by atoms with E-state index in [9.17, 15) is 13.6 Å². The summed E-state index contributed by atoms with van der Waals surface area (Å²) in [6.07, 6.45) is 1.45. The number of furan rings is 1. The lowest BCUT2D eigenvalue weighted by Gasteiger charge is -2.14. The Bertz CT molecular complexity index is 569. The normalized spacial score (nSPS) is 12.3. The zero-order valence-corrected chi connectivity index (χ0v) is 9.77. The molecule has 1 aromatic heterocycles. The number of nitrogens with one attached hydrogen (secondary N) is 1. The molecule has 0 aliphatic rings. The summed E-state index contributed by atoms with van der Waals surface area (Å²) < 4.78 is 31.4. The minimum absolute atomic E-state index is 0.125. The zero-order chi connectivity index (χ0) is 13.8. The molecule has 2 aromatic rings. The zero-order valence-electron chi connectivity index (χ0n) is 9.77. The summed E-state index contributed by atoms with van der Waals surface area (Å²) in [4.78, 5) is 11.1. The van der Waals surface area contributed by atoms with Crippen LogP contribution in [0, 0.1) is 11.6 Å². The third kappa shape index (κ3) is 3.17. The Balaban J connectivity index is 2.17. The van der Waals surface area contributed by atoms with Crippen molar-refractivity contribution in [3.8, 4) is 0 Å². The van der Waals surface area contributed by atoms with Crippen molar-refractivity contribution in [1.29, 1.82) is 0 Å². The van der Waals surface area contributed by atoms with Gasteiger partial charge in [0.1, 0.15) is 23.4 Å². The summed E-state index contributed by atoms with van der Waals surface area (Å²) in [5.41, 5.74) is -0.125. The van der Waals surface area contributed by atoms with Gasteiger partial charge in [0.25, 0.3) is 0 Å². The van der Waals surface area contributed by atoms with E-state index < -0.39 is 23.6 Å². The van der Waals surface area contributed by atoms with Crippen LogP contribution in [-0.2, 0) is 11.3 Å². The molecule has 0 saturated heterocycles. The van der Waals surface area contributed by atoms with Gasteiger partial charge in [-0.3, -0.25) is 10.1 Å². The smallest absolute Gasteiger partial charge is 0.325 e. The molecule has 0 aliphatic heterocycles. The molecular formula is C13H11F2NO3. The molecule has 100 valence electrons. The first-order valence-electron chi connectivity index (χ1n) is 5.51. The van der Waals surface area contributed by atoms with Gasteiger partial charge in [-0.1, -0.05) is 6.07 Å². The minimum atomic E-state index is -1.27. The predicted octanol–water partition coefficient (Wildman–Crippen LogP) is 2.47. The number of aliphatic carboxylic acids is 1. The highest BCUT2D eigenvalue weighted by atomic mass is 19.1. The number of halogens is 2. The van der Waals surface area contributed by atoms with Gasteiger partial charge in [-0.2, -0.15) is 0 Å². The number of carboxylic acids is 1. The van der Waals surface area contributed by atoms with Gasteiger partial charge in [-0.15, -0.1) is 0 Å². The molecule has 0 bridgehead atoms. The lowest BCUT2D eigenvalue weighted by Crippen LogP contribution is -2.28. The highest BCUT2D eigenvalue weighted by molar-refractivity contribution is 5.75. The first-order chi connectivity index (χ1) is 9.08. The molecule has 6 heteroatoms. The van der Waals surface area contributed by atoms with E-state index in [-0.39, 0.29) is 12.1 Å². The number of carbonyl (C=O) groups is 1. The third-order valence-corrected chi connectivity index (χ3v) is 2.58. The van der Waals surface area contributed by atoms with E-state index in [0.29, 0.717) is 11.8 Å². The molecule has 1 heterocycles. The Labute approximate surface area is 107 Å². The van der Waals surface area contributed by atoms with Crippen molar-refractivity contribution < 1.29 is 23.1 Å². The highest BCUT2D eigenvalue weighted by Crippen LogP contribution is 2.19. The number of hydrogen-bond donors (Lipinski definition) is 2. The van der Waals surface area contributed by atoms with Gasteiger partial charge < -0.3 is 9.52 Å². The van der Waals surface area contributed by atoms with Crippen LogP contribution in [0.3, 0.4) is 0 Å². The average molecular weight is 267 g/mol. The van der Waals surface area contributed by atoms with E-state index in [0.717, 1.165) is 12.1 Å². The molecule has 1 atom stereocenters. The highest BCUT2D eigenvalue weighted by Gasteiger charge is 2.23. The molecule has 0 fully saturated rings. The quantitative estimate of drug-likeness (QED) is 0.873. The average Bonchev–Trinajstić information content (AvgIpc) is 2.84. The maximum Gasteiger partial charge on any atom is 0.325 e. The Hall–Kier alpha value is -2.21. The van der Waals surface area contributed by atoms with Crippen LogP contribution >= 0.6 is 0 Å². The van der Waals surface area contributed by atoms with Crippen LogP contribution < -0.4 is 5.32 Å². The van der Waals surface area contributed by atoms with Crippen LogP contribution in [0.15, 0.2) is 41.0 Å². The fourth-order valence-electron chi connectivity index (χ4n) is 1.68. The SMILES string of the molecule is O=C(O)C(NCc1ccco1)c1ccc(F)cc1F. The largest absolute Gasteiger partial charge is 0.480 e. The number of rotatable bonds is 5. The van der Waals surface area contributed by atoms with Crippen molar-refractivity contribution in [3.05, 3.63) is 59.6 Å². The van der Waals surface area contributed by atoms with Gasteiger partial charge in [0, 0.05) is 11.6 Å². The fraction of sp³-hybridized carbons (Fsp3) is 0.154. The Morgan fingerprint density at radius 1 is 1.37 bits per heavy atom. The topological polar surface area (TPSA) is 62.5 Å². The summed E-state index contributed by atoms with van der Waals surface area (Å²) in [7, 11) is 0. The van der Waals surface area contributed by atoms with Crippen molar-refractivity contribution >= 4 is 5.97 Å². The van der Waals surface area contributed by atoms with Crippen molar-refractivity contribution in [2.45, 2.75) is 12.6 Å².